The summed E-state index contributed by atoms with van der Waals surface area (Å²) in [6.07, 6.45) is 1.89. The van der Waals surface area contributed by atoms with Crippen LogP contribution in [-0.4, -0.2) is 33.1 Å². The van der Waals surface area contributed by atoms with Crippen LogP contribution in [0.1, 0.15) is 26.7 Å². The Balaban J connectivity index is 1.68. The van der Waals surface area contributed by atoms with Crippen molar-refractivity contribution >= 4 is 15.7 Å². The third-order valence-corrected chi connectivity index (χ3v) is 6.07. The Morgan fingerprint density at radius 1 is 1.24 bits per heavy atom. The van der Waals surface area contributed by atoms with E-state index < -0.39 is 10.0 Å². The van der Waals surface area contributed by atoms with Crippen molar-refractivity contribution in [2.24, 2.45) is 11.7 Å². The number of nitrogens with one attached hydrogen (secondary N) is 1. The summed E-state index contributed by atoms with van der Waals surface area (Å²) < 4.78 is 26.9. The van der Waals surface area contributed by atoms with Crippen molar-refractivity contribution < 1.29 is 8.42 Å². The zero-order chi connectivity index (χ0) is 15.3. The van der Waals surface area contributed by atoms with Gasteiger partial charge < -0.3 is 10.6 Å². The zero-order valence-electron chi connectivity index (χ0n) is 12.5. The largest absolute Gasteiger partial charge is 0.368 e. The molecule has 0 atom stereocenters. The first-order valence-electron chi connectivity index (χ1n) is 7.46. The van der Waals surface area contributed by atoms with E-state index in [1.807, 2.05) is 12.1 Å². The molecule has 0 radical (unpaired) electrons. The van der Waals surface area contributed by atoms with Crippen molar-refractivity contribution in [2.45, 2.75) is 43.2 Å². The molecule has 1 saturated carbocycles. The predicted octanol–water partition coefficient (Wildman–Crippen LogP) is 1.30. The van der Waals surface area contributed by atoms with E-state index in [2.05, 4.69) is 23.5 Å². The minimum Gasteiger partial charge on any atom is -0.368 e. The number of hydrogen-bond donors (Lipinski definition) is 2. The van der Waals surface area contributed by atoms with Crippen LogP contribution in [0, 0.1) is 5.92 Å². The van der Waals surface area contributed by atoms with Gasteiger partial charge in [-0.2, -0.15) is 0 Å². The summed E-state index contributed by atoms with van der Waals surface area (Å²) in [4.78, 5) is 2.52. The second-order valence-electron chi connectivity index (χ2n) is 6.63. The Kier molecular flexibility index (Phi) is 3.50. The predicted molar refractivity (Wildman–Crippen MR) is 83.8 cm³/mol. The topological polar surface area (TPSA) is 75.4 Å². The SMILES string of the molecule is CC(C)C1(N)CN(c2ccc(S(=O)(=O)NC3CC3)cc2)C1. The summed E-state index contributed by atoms with van der Waals surface area (Å²) in [6.45, 7) is 5.90. The Labute approximate surface area is 126 Å². The third-order valence-electron chi connectivity index (χ3n) is 4.53. The highest BCUT2D eigenvalue weighted by Gasteiger charge is 2.42. The maximum atomic E-state index is 12.1. The van der Waals surface area contributed by atoms with Gasteiger partial charge in [0.25, 0.3) is 0 Å². The molecule has 3 N–H and O–H groups in total. The van der Waals surface area contributed by atoms with E-state index >= 15 is 0 Å². The number of rotatable bonds is 5. The molecule has 0 unspecified atom stereocenters. The first-order valence-corrected chi connectivity index (χ1v) is 8.95. The lowest BCUT2D eigenvalue weighted by atomic mass is 9.80. The Morgan fingerprint density at radius 3 is 2.29 bits per heavy atom. The summed E-state index contributed by atoms with van der Waals surface area (Å²) >= 11 is 0. The molecule has 1 aromatic carbocycles. The summed E-state index contributed by atoms with van der Waals surface area (Å²) in [5, 5.41) is 0. The van der Waals surface area contributed by atoms with E-state index in [1.54, 1.807) is 12.1 Å². The quantitative estimate of drug-likeness (QED) is 0.860. The molecular weight excluding hydrogens is 286 g/mol. The standard InChI is InChI=1S/C15H23N3O2S/c1-11(2)15(16)9-18(10-15)13-5-7-14(8-6-13)21(19,20)17-12-3-4-12/h5-8,11-12,17H,3-4,9-10,16H2,1-2H3. The normalized spacial score (nSPS) is 21.4. The van der Waals surface area contributed by atoms with Gasteiger partial charge in [-0.05, 0) is 43.0 Å². The van der Waals surface area contributed by atoms with E-state index in [1.165, 1.54) is 0 Å². The van der Waals surface area contributed by atoms with Crippen LogP contribution in [0.3, 0.4) is 0 Å². The first-order chi connectivity index (χ1) is 9.80. The van der Waals surface area contributed by atoms with Gasteiger partial charge in [0, 0.05) is 24.8 Å². The van der Waals surface area contributed by atoms with Gasteiger partial charge in [-0.3, -0.25) is 0 Å². The van der Waals surface area contributed by atoms with Crippen LogP contribution in [0.25, 0.3) is 0 Å². The van der Waals surface area contributed by atoms with Gasteiger partial charge in [0.15, 0.2) is 0 Å². The van der Waals surface area contributed by atoms with Crippen LogP contribution >= 0.6 is 0 Å². The summed E-state index contributed by atoms with van der Waals surface area (Å²) in [5.41, 5.74) is 7.19. The van der Waals surface area contributed by atoms with Crippen molar-refractivity contribution in [3.05, 3.63) is 24.3 Å². The molecule has 0 bridgehead atoms. The van der Waals surface area contributed by atoms with E-state index in [0.717, 1.165) is 31.6 Å². The van der Waals surface area contributed by atoms with Gasteiger partial charge >= 0.3 is 0 Å². The number of nitrogens with zero attached hydrogens (tertiary/aromatic N) is 1. The highest BCUT2D eigenvalue weighted by Crippen LogP contribution is 2.31. The fourth-order valence-corrected chi connectivity index (χ4v) is 3.84. The number of nitrogens with two attached hydrogens (primary N) is 1. The summed E-state index contributed by atoms with van der Waals surface area (Å²) in [5.74, 6) is 0.441. The molecule has 2 aliphatic rings. The van der Waals surface area contributed by atoms with Gasteiger partial charge in [0.1, 0.15) is 0 Å². The monoisotopic (exact) mass is 309 g/mol. The number of sulfonamides is 1. The highest BCUT2D eigenvalue weighted by atomic mass is 32.2. The maximum absolute atomic E-state index is 12.1. The molecular formula is C15H23N3O2S. The molecule has 0 spiro atoms. The maximum Gasteiger partial charge on any atom is 0.240 e. The second kappa shape index (κ2) is 4.97. The van der Waals surface area contributed by atoms with E-state index in [9.17, 15) is 8.42 Å². The van der Waals surface area contributed by atoms with Crippen LogP contribution in [0.4, 0.5) is 5.69 Å². The van der Waals surface area contributed by atoms with Crippen LogP contribution in [-0.2, 0) is 10.0 Å². The van der Waals surface area contributed by atoms with Gasteiger partial charge in [0.2, 0.25) is 10.0 Å². The Morgan fingerprint density at radius 2 is 1.81 bits per heavy atom. The second-order valence-corrected chi connectivity index (χ2v) is 8.35. The Hall–Kier alpha value is -1.11. The highest BCUT2D eigenvalue weighted by molar-refractivity contribution is 7.89. The van der Waals surface area contributed by atoms with E-state index in [4.69, 9.17) is 5.73 Å². The van der Waals surface area contributed by atoms with Crippen molar-refractivity contribution in [2.75, 3.05) is 18.0 Å². The fourth-order valence-electron chi connectivity index (χ4n) is 2.54. The lowest BCUT2D eigenvalue weighted by Crippen LogP contribution is -2.70. The van der Waals surface area contributed by atoms with Crippen LogP contribution < -0.4 is 15.4 Å². The smallest absolute Gasteiger partial charge is 0.240 e. The molecule has 0 aromatic heterocycles. The molecule has 0 amide bonds. The first kappa shape index (κ1) is 14.8. The molecule has 5 nitrogen and oxygen atoms in total. The molecule has 21 heavy (non-hydrogen) atoms. The number of hydrogen-bond acceptors (Lipinski definition) is 4. The van der Waals surface area contributed by atoms with E-state index in [-0.39, 0.29) is 11.6 Å². The molecule has 1 aliphatic heterocycles. The van der Waals surface area contributed by atoms with Gasteiger partial charge in [0.05, 0.1) is 10.4 Å². The van der Waals surface area contributed by atoms with Crippen molar-refractivity contribution in [3.63, 3.8) is 0 Å². The molecule has 3 rings (SSSR count). The summed E-state index contributed by atoms with van der Waals surface area (Å²) in [7, 11) is -3.36. The Bertz CT molecular complexity index is 615. The molecule has 1 aliphatic carbocycles. The van der Waals surface area contributed by atoms with E-state index in [0.29, 0.717) is 10.8 Å². The van der Waals surface area contributed by atoms with Crippen molar-refractivity contribution in [1.29, 1.82) is 0 Å². The molecule has 116 valence electrons. The minimum absolute atomic E-state index is 0.127. The molecule has 6 heteroatoms. The number of anilines is 1. The third kappa shape index (κ3) is 2.93. The zero-order valence-corrected chi connectivity index (χ0v) is 13.4. The molecule has 1 heterocycles. The lowest BCUT2D eigenvalue weighted by molar-refractivity contribution is 0.245. The minimum atomic E-state index is -3.36. The molecule has 1 aromatic rings. The average Bonchev–Trinajstić information content (AvgIpc) is 3.18. The van der Waals surface area contributed by atoms with Crippen molar-refractivity contribution in [1.82, 2.24) is 4.72 Å². The lowest BCUT2D eigenvalue weighted by Gasteiger charge is -2.51. The molecule has 1 saturated heterocycles. The van der Waals surface area contributed by atoms with Gasteiger partial charge in [-0.15, -0.1) is 0 Å². The van der Waals surface area contributed by atoms with Crippen LogP contribution in [0.2, 0.25) is 0 Å². The molecule has 2 fully saturated rings. The van der Waals surface area contributed by atoms with Gasteiger partial charge in [-0.25, -0.2) is 13.1 Å². The summed E-state index contributed by atoms with van der Waals surface area (Å²) in [6, 6.07) is 7.20. The number of benzene rings is 1. The average molecular weight is 309 g/mol. The van der Waals surface area contributed by atoms with Gasteiger partial charge in [-0.1, -0.05) is 13.8 Å². The van der Waals surface area contributed by atoms with Crippen LogP contribution in [0.5, 0.6) is 0 Å². The fraction of sp³-hybridized carbons (Fsp3) is 0.600. The van der Waals surface area contributed by atoms with Crippen molar-refractivity contribution in [3.8, 4) is 0 Å². The van der Waals surface area contributed by atoms with Crippen LogP contribution in [0.15, 0.2) is 29.2 Å².